The second-order valence-electron chi connectivity index (χ2n) is 14.0. The summed E-state index contributed by atoms with van der Waals surface area (Å²) in [6.07, 6.45) is -16.9. The molecule has 0 rings (SSSR count). The number of aliphatic hydroxyl groups excluding tert-OH is 13. The van der Waals surface area contributed by atoms with Gasteiger partial charge in [0, 0.05) is 39.4 Å². The van der Waals surface area contributed by atoms with E-state index in [0.29, 0.717) is 39.5 Å². The van der Waals surface area contributed by atoms with Crippen LogP contribution in [0.2, 0.25) is 0 Å². The number of hydrogen-bond donors (Lipinski definition) is 14. The Labute approximate surface area is 358 Å². The molecule has 0 bridgehead atoms. The molecule has 0 saturated heterocycles. The number of nitrogens with one attached hydrogen (secondary N) is 1. The number of hydrogen-bond acceptors (Lipinski definition) is 24. The van der Waals surface area contributed by atoms with E-state index in [9.17, 15) is 56.2 Å². The predicted octanol–water partition coefficient (Wildman–Crippen LogP) is -8.00. The van der Waals surface area contributed by atoms with Crippen LogP contribution in [0.4, 0.5) is 0 Å². The molecule has 0 aliphatic heterocycles. The van der Waals surface area contributed by atoms with Crippen LogP contribution < -0.4 is 5.32 Å². The van der Waals surface area contributed by atoms with E-state index in [0.717, 1.165) is 6.54 Å². The monoisotopic (exact) mass is 903 g/mol. The molecule has 0 spiro atoms. The highest BCUT2D eigenvalue weighted by Crippen LogP contribution is 2.11. The maximum Gasteiger partial charge on any atom is 0.111 e. The second kappa shape index (κ2) is 40.5. The number of nitrogens with zero attached hydrogens (tertiary/aromatic N) is 1. The third kappa shape index (κ3) is 32.4. The van der Waals surface area contributed by atoms with Crippen molar-refractivity contribution in [2.45, 2.75) is 73.6 Å². The van der Waals surface area contributed by atoms with E-state index in [1.165, 1.54) is 4.90 Å². The lowest BCUT2D eigenvalue weighted by Crippen LogP contribution is -2.53. The molecule has 24 nitrogen and oxygen atoms in total. The topological polar surface area (TPSA) is 361 Å². The van der Waals surface area contributed by atoms with Gasteiger partial charge in [-0.05, 0) is 13.5 Å². The molecule has 0 radical (unpaired) electrons. The van der Waals surface area contributed by atoms with Crippen molar-refractivity contribution in [3.63, 3.8) is 0 Å². The second-order valence-corrected chi connectivity index (χ2v) is 14.0. The van der Waals surface area contributed by atoms with E-state index in [1.54, 1.807) is 0 Å². The Balaban J connectivity index is 3.99. The summed E-state index contributed by atoms with van der Waals surface area (Å²) in [6.45, 7) is 2.22. The molecule has 11 atom stereocenters. The minimum atomic E-state index is -1.89. The van der Waals surface area contributed by atoms with Crippen molar-refractivity contribution < 1.29 is 109 Å². The molecule has 0 fully saturated rings. The van der Waals surface area contributed by atoms with Gasteiger partial charge in [-0.3, -0.25) is 4.90 Å². The van der Waals surface area contributed by atoms with Crippen LogP contribution in [0, 0.1) is 0 Å². The van der Waals surface area contributed by atoms with E-state index in [-0.39, 0.29) is 92.4 Å². The molecule has 0 aromatic rings. The molecule has 61 heavy (non-hydrogen) atoms. The SMILES string of the molecule is CNCCOCCOCC(O)COCCOCCOCC(O)C(O)COCCOCCCOCCOCCN(C[C@H](O)[C@@H](O)[C@H](O)[C@H](O)CO)C[C@H](O)[C@@H](O)[C@H](O)[C@H](O)CO. The van der Waals surface area contributed by atoms with Crippen molar-refractivity contribution in [3.8, 4) is 0 Å². The Morgan fingerprint density at radius 3 is 1.10 bits per heavy atom. The summed E-state index contributed by atoms with van der Waals surface area (Å²) in [7, 11) is 1.84. The van der Waals surface area contributed by atoms with Crippen LogP contribution in [0.5, 0.6) is 0 Å². The summed E-state index contributed by atoms with van der Waals surface area (Å²) in [6, 6.07) is 0. The van der Waals surface area contributed by atoms with E-state index >= 15 is 0 Å². The van der Waals surface area contributed by atoms with Gasteiger partial charge in [-0.15, -0.1) is 0 Å². The molecule has 0 saturated carbocycles. The maximum atomic E-state index is 10.4. The highest BCUT2D eigenvalue weighted by Gasteiger charge is 2.34. The predicted molar refractivity (Wildman–Crippen MR) is 213 cm³/mol. The van der Waals surface area contributed by atoms with Crippen LogP contribution in [0.1, 0.15) is 6.42 Å². The standard InChI is InChI=1S/C37H78N2O22/c1-38-3-7-55-12-15-58-23-27(42)24-59-16-13-57-14-18-61-26-33(48)32(47)25-60-17-11-54-6-2-5-53-9-10-56-8-4-39(19-28(43)34(49)36(51)30(45)21-40)20-29(44)35(50)37(52)31(46)22-41/h27-38,40-52H,2-26H2,1H3/t27?,28-,29-,30+,31+,32?,33?,34+,35+,36+,37+/m0/s1. The number of ether oxygens (including phenoxy) is 9. The number of rotatable bonds is 46. The summed E-state index contributed by atoms with van der Waals surface area (Å²) in [5.41, 5.74) is 0. The van der Waals surface area contributed by atoms with Gasteiger partial charge in [0.15, 0.2) is 0 Å². The summed E-state index contributed by atoms with van der Waals surface area (Å²) in [5, 5.41) is 131. The first-order valence-electron chi connectivity index (χ1n) is 20.6. The van der Waals surface area contributed by atoms with Crippen LogP contribution in [0.25, 0.3) is 0 Å². The fourth-order valence-corrected chi connectivity index (χ4v) is 4.98. The molecule has 368 valence electrons. The first-order valence-corrected chi connectivity index (χ1v) is 20.6. The lowest BCUT2D eigenvalue weighted by molar-refractivity contribution is -0.131. The van der Waals surface area contributed by atoms with Gasteiger partial charge in [0.2, 0.25) is 0 Å². The van der Waals surface area contributed by atoms with Crippen LogP contribution >= 0.6 is 0 Å². The Hall–Kier alpha value is -0.960. The normalized spacial score (nSPS) is 17.8. The van der Waals surface area contributed by atoms with Crippen LogP contribution in [0.3, 0.4) is 0 Å². The van der Waals surface area contributed by atoms with E-state index in [2.05, 4.69) is 5.32 Å². The minimum absolute atomic E-state index is 0.0124. The summed E-state index contributed by atoms with van der Waals surface area (Å²) < 4.78 is 48.5. The molecule has 14 N–H and O–H groups in total. The molecule has 0 heterocycles. The van der Waals surface area contributed by atoms with Crippen molar-refractivity contribution in [3.05, 3.63) is 0 Å². The molecule has 0 amide bonds. The molecule has 3 unspecified atom stereocenters. The van der Waals surface area contributed by atoms with Crippen molar-refractivity contribution in [1.29, 1.82) is 0 Å². The Morgan fingerprint density at radius 2 is 0.705 bits per heavy atom. The zero-order chi connectivity index (χ0) is 45.7. The first kappa shape index (κ1) is 60.0. The van der Waals surface area contributed by atoms with Gasteiger partial charge in [0.05, 0.1) is 131 Å². The molecule has 0 aliphatic rings. The Morgan fingerprint density at radius 1 is 0.377 bits per heavy atom. The van der Waals surface area contributed by atoms with E-state index in [1.807, 2.05) is 7.05 Å². The first-order chi connectivity index (χ1) is 29.3. The van der Waals surface area contributed by atoms with Gasteiger partial charge in [-0.25, -0.2) is 0 Å². The van der Waals surface area contributed by atoms with Crippen molar-refractivity contribution in [1.82, 2.24) is 10.2 Å². The molecular weight excluding hydrogens is 824 g/mol. The van der Waals surface area contributed by atoms with E-state index in [4.69, 9.17) is 52.8 Å². The maximum absolute atomic E-state index is 10.4. The van der Waals surface area contributed by atoms with Gasteiger partial charge < -0.3 is 114 Å². The lowest BCUT2D eigenvalue weighted by atomic mass is 10.0. The summed E-state index contributed by atoms with van der Waals surface area (Å²) in [5.74, 6) is 0. The summed E-state index contributed by atoms with van der Waals surface area (Å²) in [4.78, 5) is 1.33. The molecular formula is C37H78N2O22. The Bertz CT molecular complexity index is 912. The van der Waals surface area contributed by atoms with Crippen molar-refractivity contribution >= 4 is 0 Å². The summed E-state index contributed by atoms with van der Waals surface area (Å²) >= 11 is 0. The fourth-order valence-electron chi connectivity index (χ4n) is 4.98. The zero-order valence-corrected chi connectivity index (χ0v) is 35.5. The lowest BCUT2D eigenvalue weighted by Gasteiger charge is -2.33. The zero-order valence-electron chi connectivity index (χ0n) is 35.5. The highest BCUT2D eigenvalue weighted by atomic mass is 16.6. The van der Waals surface area contributed by atoms with Gasteiger partial charge in [0.25, 0.3) is 0 Å². The van der Waals surface area contributed by atoms with Crippen LogP contribution in [0.15, 0.2) is 0 Å². The third-order valence-electron chi connectivity index (χ3n) is 8.67. The highest BCUT2D eigenvalue weighted by molar-refractivity contribution is 4.86. The van der Waals surface area contributed by atoms with Crippen LogP contribution in [-0.2, 0) is 42.6 Å². The number of likely N-dealkylation sites (N-methyl/N-ethyl adjacent to an activating group) is 1. The van der Waals surface area contributed by atoms with Gasteiger partial charge in [-0.2, -0.15) is 0 Å². The van der Waals surface area contributed by atoms with Gasteiger partial charge in [-0.1, -0.05) is 0 Å². The van der Waals surface area contributed by atoms with Crippen LogP contribution in [-0.4, -0.2) is 304 Å². The molecule has 0 aromatic carbocycles. The smallest absolute Gasteiger partial charge is 0.111 e. The molecule has 0 aromatic heterocycles. The van der Waals surface area contributed by atoms with Crippen molar-refractivity contribution in [2.24, 2.45) is 0 Å². The average molecular weight is 903 g/mol. The van der Waals surface area contributed by atoms with Gasteiger partial charge >= 0.3 is 0 Å². The average Bonchev–Trinajstić information content (AvgIpc) is 3.25. The van der Waals surface area contributed by atoms with Crippen molar-refractivity contribution in [2.75, 3.05) is 165 Å². The van der Waals surface area contributed by atoms with Gasteiger partial charge in [0.1, 0.15) is 54.9 Å². The minimum Gasteiger partial charge on any atom is -0.394 e. The molecule has 24 heteroatoms. The quantitative estimate of drug-likeness (QED) is 0.0252. The number of aliphatic hydroxyl groups is 13. The third-order valence-corrected chi connectivity index (χ3v) is 8.67. The fraction of sp³-hybridized carbons (Fsp3) is 1.00. The Kier molecular flexibility index (Phi) is 39.9. The largest absolute Gasteiger partial charge is 0.394 e. The van der Waals surface area contributed by atoms with E-state index < -0.39 is 93.4 Å². The molecule has 0 aliphatic carbocycles.